The smallest absolute Gasteiger partial charge is 0.0717 e. The highest BCUT2D eigenvalue weighted by atomic mass is 16.5. The van der Waals surface area contributed by atoms with Gasteiger partial charge in [-0.3, -0.25) is 0 Å². The van der Waals surface area contributed by atoms with Gasteiger partial charge in [-0.25, -0.2) is 0 Å². The third kappa shape index (κ3) is 2.24. The van der Waals surface area contributed by atoms with Gasteiger partial charge < -0.3 is 4.74 Å². The first kappa shape index (κ1) is 12.0. The lowest BCUT2D eigenvalue weighted by molar-refractivity contribution is 0.0727. The number of hydrogen-bond donors (Lipinski definition) is 0. The second-order valence-electron chi connectivity index (χ2n) is 5.69. The predicted octanol–water partition coefficient (Wildman–Crippen LogP) is 4.05. The molecule has 18 heavy (non-hydrogen) atoms. The van der Waals surface area contributed by atoms with Gasteiger partial charge in [0.05, 0.1) is 13.2 Å². The highest BCUT2D eigenvalue weighted by molar-refractivity contribution is 5.15. The maximum atomic E-state index is 5.94. The summed E-state index contributed by atoms with van der Waals surface area (Å²) in [5.41, 5.74) is 1.28. The Bertz CT molecular complexity index is 409. The Morgan fingerprint density at radius 1 is 1.17 bits per heavy atom. The first-order valence-electron chi connectivity index (χ1n) is 7.18. The Morgan fingerprint density at radius 3 is 2.72 bits per heavy atom. The maximum absolute atomic E-state index is 5.94. The van der Waals surface area contributed by atoms with E-state index in [1.165, 1.54) is 18.4 Å². The molecule has 1 nitrogen and oxygen atoms in total. The Hall–Kier alpha value is -1.08. The van der Waals surface area contributed by atoms with Crippen molar-refractivity contribution in [3.8, 4) is 0 Å². The van der Waals surface area contributed by atoms with Crippen LogP contribution in [0.15, 0.2) is 42.5 Å². The first-order chi connectivity index (χ1) is 8.88. The summed E-state index contributed by atoms with van der Waals surface area (Å²) >= 11 is 0. The van der Waals surface area contributed by atoms with Crippen LogP contribution in [0.5, 0.6) is 0 Å². The lowest BCUT2D eigenvalue weighted by Gasteiger charge is -2.18. The lowest BCUT2D eigenvalue weighted by Crippen LogP contribution is -2.17. The van der Waals surface area contributed by atoms with Crippen LogP contribution in [0.4, 0.5) is 0 Å². The van der Waals surface area contributed by atoms with Crippen LogP contribution in [-0.4, -0.2) is 6.61 Å². The van der Waals surface area contributed by atoms with Gasteiger partial charge >= 0.3 is 0 Å². The number of rotatable bonds is 5. The van der Waals surface area contributed by atoms with E-state index in [4.69, 9.17) is 4.74 Å². The SMILES string of the molecule is CCC1CC2C=CC1C2COCc1ccccc1. The van der Waals surface area contributed by atoms with Crippen LogP contribution in [-0.2, 0) is 11.3 Å². The van der Waals surface area contributed by atoms with Gasteiger partial charge in [-0.2, -0.15) is 0 Å². The van der Waals surface area contributed by atoms with Crippen LogP contribution in [0.25, 0.3) is 0 Å². The van der Waals surface area contributed by atoms with E-state index in [1.54, 1.807) is 0 Å². The van der Waals surface area contributed by atoms with E-state index in [0.29, 0.717) is 0 Å². The van der Waals surface area contributed by atoms with Crippen molar-refractivity contribution in [2.45, 2.75) is 26.4 Å². The van der Waals surface area contributed by atoms with Gasteiger partial charge in [-0.05, 0) is 35.7 Å². The zero-order valence-electron chi connectivity index (χ0n) is 11.1. The molecular formula is C17H22O. The predicted molar refractivity (Wildman–Crippen MR) is 74.1 cm³/mol. The van der Waals surface area contributed by atoms with Gasteiger partial charge in [-0.15, -0.1) is 0 Å². The fraction of sp³-hybridized carbons (Fsp3) is 0.529. The van der Waals surface area contributed by atoms with E-state index in [9.17, 15) is 0 Å². The standard InChI is InChI=1S/C17H22O/c1-2-14-10-15-8-9-16(14)17(15)12-18-11-13-6-4-3-5-7-13/h3-9,14-17H,2,10-12H2,1H3. The van der Waals surface area contributed by atoms with E-state index in [2.05, 4.69) is 49.4 Å². The number of fused-ring (bicyclic) bond motifs is 2. The third-order valence-corrected chi connectivity index (χ3v) is 4.69. The molecule has 3 rings (SSSR count). The fourth-order valence-electron chi connectivity index (χ4n) is 3.67. The Morgan fingerprint density at radius 2 is 2.00 bits per heavy atom. The van der Waals surface area contributed by atoms with Gasteiger partial charge in [0.15, 0.2) is 0 Å². The average molecular weight is 242 g/mol. The van der Waals surface area contributed by atoms with Gasteiger partial charge in [0.25, 0.3) is 0 Å². The monoisotopic (exact) mass is 242 g/mol. The van der Waals surface area contributed by atoms with Crippen LogP contribution in [0.3, 0.4) is 0 Å². The summed E-state index contributed by atoms with van der Waals surface area (Å²) in [6.07, 6.45) is 7.57. The molecule has 1 saturated carbocycles. The van der Waals surface area contributed by atoms with Crippen molar-refractivity contribution in [3.05, 3.63) is 48.0 Å². The van der Waals surface area contributed by atoms with Gasteiger partial charge in [0.2, 0.25) is 0 Å². The molecule has 1 fully saturated rings. The molecule has 2 aliphatic rings. The van der Waals surface area contributed by atoms with Crippen molar-refractivity contribution >= 4 is 0 Å². The largest absolute Gasteiger partial charge is 0.376 e. The second-order valence-corrected chi connectivity index (χ2v) is 5.69. The number of hydrogen-bond acceptors (Lipinski definition) is 1. The quantitative estimate of drug-likeness (QED) is 0.708. The average Bonchev–Trinajstić information content (AvgIpc) is 2.97. The molecule has 2 bridgehead atoms. The molecule has 0 spiro atoms. The third-order valence-electron chi connectivity index (χ3n) is 4.69. The Balaban J connectivity index is 1.50. The molecule has 1 aromatic rings. The van der Waals surface area contributed by atoms with Crippen molar-refractivity contribution in [1.82, 2.24) is 0 Å². The second kappa shape index (κ2) is 5.27. The maximum Gasteiger partial charge on any atom is 0.0717 e. The molecule has 0 aromatic heterocycles. The van der Waals surface area contributed by atoms with E-state index < -0.39 is 0 Å². The molecule has 0 aliphatic heterocycles. The van der Waals surface area contributed by atoms with Crippen LogP contribution in [0.2, 0.25) is 0 Å². The summed E-state index contributed by atoms with van der Waals surface area (Å²) < 4.78 is 5.94. The molecule has 4 atom stereocenters. The lowest BCUT2D eigenvalue weighted by atomic mass is 9.89. The number of allylic oxidation sites excluding steroid dienone is 2. The van der Waals surface area contributed by atoms with Crippen molar-refractivity contribution in [1.29, 1.82) is 0 Å². The van der Waals surface area contributed by atoms with Gasteiger partial charge in [0, 0.05) is 0 Å². The molecule has 2 aliphatic carbocycles. The van der Waals surface area contributed by atoms with Crippen molar-refractivity contribution in [3.63, 3.8) is 0 Å². The van der Waals surface area contributed by atoms with Crippen molar-refractivity contribution in [2.24, 2.45) is 23.7 Å². The molecule has 0 amide bonds. The minimum absolute atomic E-state index is 0.749. The molecule has 0 heterocycles. The summed E-state index contributed by atoms with van der Waals surface area (Å²) in [6, 6.07) is 10.5. The summed E-state index contributed by atoms with van der Waals surface area (Å²) in [6.45, 7) is 4.00. The van der Waals surface area contributed by atoms with E-state index >= 15 is 0 Å². The van der Waals surface area contributed by atoms with Crippen LogP contribution >= 0.6 is 0 Å². The van der Waals surface area contributed by atoms with Crippen molar-refractivity contribution in [2.75, 3.05) is 6.61 Å². The number of ether oxygens (including phenoxy) is 1. The van der Waals surface area contributed by atoms with Crippen LogP contribution in [0, 0.1) is 23.7 Å². The number of benzene rings is 1. The fourth-order valence-corrected chi connectivity index (χ4v) is 3.67. The minimum Gasteiger partial charge on any atom is -0.376 e. The molecular weight excluding hydrogens is 220 g/mol. The minimum atomic E-state index is 0.749. The zero-order chi connectivity index (χ0) is 12.4. The van der Waals surface area contributed by atoms with Crippen LogP contribution < -0.4 is 0 Å². The molecule has 1 aromatic carbocycles. The molecule has 0 saturated heterocycles. The Kier molecular flexibility index (Phi) is 3.51. The highest BCUT2D eigenvalue weighted by Crippen LogP contribution is 2.49. The summed E-state index contributed by atoms with van der Waals surface area (Å²) in [5.74, 6) is 3.23. The molecule has 4 unspecified atom stereocenters. The highest BCUT2D eigenvalue weighted by Gasteiger charge is 2.43. The van der Waals surface area contributed by atoms with Gasteiger partial charge in [-0.1, -0.05) is 55.8 Å². The van der Waals surface area contributed by atoms with E-state index in [1.807, 2.05) is 0 Å². The first-order valence-corrected chi connectivity index (χ1v) is 7.18. The molecule has 0 radical (unpaired) electrons. The van der Waals surface area contributed by atoms with E-state index in [0.717, 1.165) is 36.9 Å². The summed E-state index contributed by atoms with van der Waals surface area (Å²) in [7, 11) is 0. The van der Waals surface area contributed by atoms with E-state index in [-0.39, 0.29) is 0 Å². The van der Waals surface area contributed by atoms with Crippen LogP contribution in [0.1, 0.15) is 25.3 Å². The summed E-state index contributed by atoms with van der Waals surface area (Å²) in [5, 5.41) is 0. The molecule has 1 heteroatoms. The normalized spacial score (nSPS) is 33.2. The topological polar surface area (TPSA) is 9.23 Å². The van der Waals surface area contributed by atoms with Gasteiger partial charge in [0.1, 0.15) is 0 Å². The Labute approximate surface area is 110 Å². The molecule has 0 N–H and O–H groups in total. The summed E-state index contributed by atoms with van der Waals surface area (Å²) in [4.78, 5) is 0. The zero-order valence-corrected chi connectivity index (χ0v) is 11.1. The molecule has 96 valence electrons. The van der Waals surface area contributed by atoms with Crippen molar-refractivity contribution < 1.29 is 4.74 Å².